The van der Waals surface area contributed by atoms with Gasteiger partial charge < -0.3 is 9.80 Å². The Morgan fingerprint density at radius 1 is 1.15 bits per heavy atom. The summed E-state index contributed by atoms with van der Waals surface area (Å²) in [5, 5.41) is 6.19. The van der Waals surface area contributed by atoms with Crippen LogP contribution < -0.4 is 10.5 Å². The lowest BCUT2D eigenvalue weighted by atomic mass is 10.1. The fourth-order valence-electron chi connectivity index (χ4n) is 4.54. The number of hydrogen-bond donors (Lipinski definition) is 0. The summed E-state index contributed by atoms with van der Waals surface area (Å²) < 4.78 is 17.3. The molecule has 34 heavy (non-hydrogen) atoms. The van der Waals surface area contributed by atoms with E-state index >= 15 is 0 Å². The van der Waals surface area contributed by atoms with E-state index in [4.69, 9.17) is 0 Å². The fourth-order valence-corrected chi connectivity index (χ4v) is 5.47. The molecule has 1 aromatic carbocycles. The second-order valence-electron chi connectivity index (χ2n) is 8.51. The number of nitrogens with zero attached hydrogens (tertiary/aromatic N) is 6. The zero-order valence-electron chi connectivity index (χ0n) is 19.3. The van der Waals surface area contributed by atoms with Crippen molar-refractivity contribution in [1.29, 1.82) is 0 Å². The molecule has 0 unspecified atom stereocenters. The van der Waals surface area contributed by atoms with E-state index in [0.29, 0.717) is 59.5 Å². The van der Waals surface area contributed by atoms with Crippen molar-refractivity contribution in [3.63, 3.8) is 0 Å². The first kappa shape index (κ1) is 22.3. The highest BCUT2D eigenvalue weighted by atomic mass is 32.1. The summed E-state index contributed by atoms with van der Waals surface area (Å²) in [5.41, 5.74) is 3.64. The van der Waals surface area contributed by atoms with Crippen molar-refractivity contribution in [1.82, 2.24) is 24.1 Å². The maximum atomic E-state index is 14.1. The van der Waals surface area contributed by atoms with Gasteiger partial charge in [-0.1, -0.05) is 12.1 Å². The molecule has 176 valence electrons. The number of thiazole rings is 1. The number of rotatable bonds is 4. The maximum Gasteiger partial charge on any atom is 0.268 e. The molecule has 5 rings (SSSR count). The third-order valence-electron chi connectivity index (χ3n) is 6.24. The van der Waals surface area contributed by atoms with Crippen molar-refractivity contribution in [2.24, 2.45) is 7.05 Å². The van der Waals surface area contributed by atoms with E-state index in [0.717, 1.165) is 5.69 Å². The number of halogens is 1. The molecule has 0 saturated carbocycles. The Labute approximate surface area is 199 Å². The number of aromatic nitrogens is 4. The first-order valence-electron chi connectivity index (χ1n) is 11.1. The number of fused-ring (bicyclic) bond motifs is 1. The number of anilines is 1. The van der Waals surface area contributed by atoms with Crippen LogP contribution in [0.25, 0.3) is 16.2 Å². The number of benzene rings is 1. The smallest absolute Gasteiger partial charge is 0.268 e. The van der Waals surface area contributed by atoms with Crippen molar-refractivity contribution in [3.8, 4) is 11.3 Å². The van der Waals surface area contributed by atoms with Crippen LogP contribution in [0, 0.1) is 19.7 Å². The zero-order chi connectivity index (χ0) is 24.0. The predicted octanol–water partition coefficient (Wildman–Crippen LogP) is 2.80. The lowest BCUT2D eigenvalue weighted by molar-refractivity contribution is -0.130. The Hall–Kier alpha value is -3.53. The second-order valence-corrected chi connectivity index (χ2v) is 9.35. The first-order valence-corrected chi connectivity index (χ1v) is 12.0. The third-order valence-corrected chi connectivity index (χ3v) is 7.11. The summed E-state index contributed by atoms with van der Waals surface area (Å²) in [6.07, 6.45) is 0.105. The van der Waals surface area contributed by atoms with Crippen LogP contribution in [0.4, 0.5) is 10.1 Å². The molecular formula is C24H25FN6O2S. The summed E-state index contributed by atoms with van der Waals surface area (Å²) in [4.78, 5) is 35.5. The van der Waals surface area contributed by atoms with E-state index in [1.54, 1.807) is 33.2 Å². The van der Waals surface area contributed by atoms with E-state index in [2.05, 4.69) is 10.1 Å². The van der Waals surface area contributed by atoms with Gasteiger partial charge in [0, 0.05) is 44.3 Å². The van der Waals surface area contributed by atoms with Gasteiger partial charge in [-0.3, -0.25) is 18.7 Å². The summed E-state index contributed by atoms with van der Waals surface area (Å²) in [6, 6.07) is 8.55. The average Bonchev–Trinajstić information content (AvgIpc) is 3.36. The van der Waals surface area contributed by atoms with Crippen LogP contribution in [0.15, 0.2) is 40.5 Å². The summed E-state index contributed by atoms with van der Waals surface area (Å²) in [7, 11) is 1.80. The number of aryl methyl sites for hydroxylation is 3. The minimum Gasteiger partial charge on any atom is -0.366 e. The van der Waals surface area contributed by atoms with Crippen LogP contribution in [0.5, 0.6) is 0 Å². The van der Waals surface area contributed by atoms with Gasteiger partial charge in [0.2, 0.25) is 5.91 Å². The highest BCUT2D eigenvalue weighted by Gasteiger charge is 2.25. The van der Waals surface area contributed by atoms with E-state index in [9.17, 15) is 14.0 Å². The Kier molecular flexibility index (Phi) is 5.68. The molecule has 8 nitrogen and oxygen atoms in total. The van der Waals surface area contributed by atoms with Gasteiger partial charge in [-0.2, -0.15) is 5.10 Å². The first-order chi connectivity index (χ1) is 16.3. The molecule has 0 atom stereocenters. The molecule has 1 aliphatic heterocycles. The summed E-state index contributed by atoms with van der Waals surface area (Å²) in [5.74, 6) is -0.313. The van der Waals surface area contributed by atoms with Crippen molar-refractivity contribution in [2.75, 3.05) is 31.1 Å². The maximum absolute atomic E-state index is 14.1. The predicted molar refractivity (Wildman–Crippen MR) is 130 cm³/mol. The third kappa shape index (κ3) is 3.87. The molecule has 1 fully saturated rings. The molecule has 0 N–H and O–H groups in total. The van der Waals surface area contributed by atoms with Crippen LogP contribution in [-0.4, -0.2) is 56.2 Å². The molecule has 0 aliphatic carbocycles. The fraction of sp³-hybridized carbons (Fsp3) is 0.333. The quantitative estimate of drug-likeness (QED) is 0.449. The molecular weight excluding hydrogens is 455 g/mol. The number of hydrogen-bond acceptors (Lipinski definition) is 6. The Morgan fingerprint density at radius 2 is 1.88 bits per heavy atom. The van der Waals surface area contributed by atoms with Gasteiger partial charge in [0.25, 0.3) is 5.56 Å². The van der Waals surface area contributed by atoms with Gasteiger partial charge in [0.1, 0.15) is 5.82 Å². The van der Waals surface area contributed by atoms with E-state index < -0.39 is 0 Å². The Balaban J connectivity index is 1.38. The molecule has 3 aromatic heterocycles. The van der Waals surface area contributed by atoms with Gasteiger partial charge in [0.15, 0.2) is 4.96 Å². The largest absolute Gasteiger partial charge is 0.366 e. The minimum absolute atomic E-state index is 0.0571. The molecule has 0 bridgehead atoms. The number of para-hydroxylation sites is 1. The standard InChI is InChI=1S/C24H25FN6O2S/c1-15-12-20(28(3)27-15)22-16(2)26-24-31(23(22)33)17(14-34-24)13-21(32)30-10-8-29(9-11-30)19-7-5-4-6-18(19)25/h4-7,12,14H,8-11,13H2,1-3H3. The van der Waals surface area contributed by atoms with E-state index in [-0.39, 0.29) is 23.7 Å². The lowest BCUT2D eigenvalue weighted by Gasteiger charge is -2.36. The highest BCUT2D eigenvalue weighted by molar-refractivity contribution is 7.15. The number of piperazine rings is 1. The number of carbonyl (C=O) groups is 1. The molecule has 10 heteroatoms. The Bertz CT molecular complexity index is 1450. The van der Waals surface area contributed by atoms with Gasteiger partial charge in [-0.25, -0.2) is 9.37 Å². The van der Waals surface area contributed by atoms with Gasteiger partial charge in [-0.05, 0) is 32.0 Å². The highest BCUT2D eigenvalue weighted by Crippen LogP contribution is 2.23. The molecule has 0 radical (unpaired) electrons. The monoisotopic (exact) mass is 480 g/mol. The molecule has 1 saturated heterocycles. The topological polar surface area (TPSA) is 75.7 Å². The molecule has 1 aliphatic rings. The minimum atomic E-state index is -0.256. The molecule has 4 heterocycles. The summed E-state index contributed by atoms with van der Waals surface area (Å²) in [6.45, 7) is 5.81. The van der Waals surface area contributed by atoms with E-state index in [1.807, 2.05) is 36.3 Å². The van der Waals surface area contributed by atoms with Crippen LogP contribution in [0.2, 0.25) is 0 Å². The molecule has 4 aromatic rings. The van der Waals surface area contributed by atoms with Crippen LogP contribution in [0.3, 0.4) is 0 Å². The van der Waals surface area contributed by atoms with Gasteiger partial charge in [0.05, 0.1) is 34.8 Å². The van der Waals surface area contributed by atoms with Gasteiger partial charge in [-0.15, -0.1) is 11.3 Å². The SMILES string of the molecule is Cc1cc(-c2c(C)nc3scc(CC(=O)N4CCN(c5ccccc5F)CC4)n3c2=O)n(C)n1. The molecule has 0 spiro atoms. The van der Waals surface area contributed by atoms with Crippen molar-refractivity contribution >= 4 is 27.9 Å². The second kappa shape index (κ2) is 8.68. The van der Waals surface area contributed by atoms with E-state index in [1.165, 1.54) is 17.4 Å². The van der Waals surface area contributed by atoms with Crippen molar-refractivity contribution < 1.29 is 9.18 Å². The number of amides is 1. The van der Waals surface area contributed by atoms with Crippen molar-refractivity contribution in [2.45, 2.75) is 20.3 Å². The van der Waals surface area contributed by atoms with Crippen molar-refractivity contribution in [3.05, 3.63) is 69.0 Å². The number of carbonyl (C=O) groups excluding carboxylic acids is 1. The Morgan fingerprint density at radius 3 is 2.56 bits per heavy atom. The van der Waals surface area contributed by atoms with Gasteiger partial charge >= 0.3 is 0 Å². The average molecular weight is 481 g/mol. The lowest BCUT2D eigenvalue weighted by Crippen LogP contribution is -2.49. The zero-order valence-corrected chi connectivity index (χ0v) is 20.1. The van der Waals surface area contributed by atoms with Crippen LogP contribution in [0.1, 0.15) is 17.1 Å². The van der Waals surface area contributed by atoms with Crippen LogP contribution in [-0.2, 0) is 18.3 Å². The normalized spacial score (nSPS) is 14.2. The molecule has 1 amide bonds. The van der Waals surface area contributed by atoms with Crippen LogP contribution >= 0.6 is 11.3 Å². The summed E-state index contributed by atoms with van der Waals surface area (Å²) >= 11 is 1.35.